The summed E-state index contributed by atoms with van der Waals surface area (Å²) in [6.07, 6.45) is 0.570. The maximum absolute atomic E-state index is 13.3. The van der Waals surface area contributed by atoms with E-state index in [4.69, 9.17) is 9.47 Å². The second-order valence-electron chi connectivity index (χ2n) is 7.11. The molecule has 0 aliphatic carbocycles. The number of nitrogens with zero attached hydrogens (tertiary/aromatic N) is 1. The number of ketones is 1. The van der Waals surface area contributed by atoms with E-state index in [0.717, 1.165) is 10.1 Å². The molecule has 3 aromatic rings. The van der Waals surface area contributed by atoms with Gasteiger partial charge in [0.2, 0.25) is 11.8 Å². The Labute approximate surface area is 184 Å². The zero-order valence-corrected chi connectivity index (χ0v) is 18.0. The first kappa shape index (κ1) is 22.7. The first-order valence-corrected chi connectivity index (χ1v) is 10.0. The highest BCUT2D eigenvalue weighted by Crippen LogP contribution is 2.34. The lowest BCUT2D eigenvalue weighted by Crippen LogP contribution is -2.07. The third kappa shape index (κ3) is 4.39. The maximum Gasteiger partial charge on any atom is 0.337 e. The Morgan fingerprint density at radius 3 is 2.44 bits per heavy atom. The van der Waals surface area contributed by atoms with Crippen LogP contribution in [0.4, 0.5) is 0 Å². The minimum absolute atomic E-state index is 0.0471. The van der Waals surface area contributed by atoms with Crippen molar-refractivity contribution in [2.75, 3.05) is 13.7 Å². The van der Waals surface area contributed by atoms with E-state index in [-0.39, 0.29) is 29.0 Å². The molecule has 0 saturated heterocycles. The summed E-state index contributed by atoms with van der Waals surface area (Å²) in [5, 5.41) is 11.1. The van der Waals surface area contributed by atoms with E-state index >= 15 is 0 Å². The van der Waals surface area contributed by atoms with Crippen molar-refractivity contribution in [2.24, 2.45) is 0 Å². The van der Waals surface area contributed by atoms with E-state index in [9.17, 15) is 24.3 Å². The number of hydrogen-bond donors (Lipinski definition) is 1. The van der Waals surface area contributed by atoms with Gasteiger partial charge in [-0.2, -0.15) is 0 Å². The van der Waals surface area contributed by atoms with Gasteiger partial charge in [-0.1, -0.05) is 24.3 Å². The number of fused-ring (bicyclic) bond motifs is 1. The molecule has 0 amide bonds. The monoisotopic (exact) mass is 437 g/mol. The van der Waals surface area contributed by atoms with Gasteiger partial charge in [0, 0.05) is 24.3 Å². The molecule has 0 fully saturated rings. The number of aryl methyl sites for hydroxylation is 1. The van der Waals surface area contributed by atoms with Crippen molar-refractivity contribution in [1.29, 1.82) is 0 Å². The minimum atomic E-state index is -0.607. The molecule has 0 radical (unpaired) electrons. The van der Waals surface area contributed by atoms with Gasteiger partial charge in [0.25, 0.3) is 0 Å². The number of aromatic hydroxyl groups is 1. The standard InChI is InChI=1S/C24H23NO7/c1-4-32-20(27)11-8-15-6-5-7-16(12-15)22(28)21-18-10-9-17(24(30)31-3)13-19(18)25(14(2)26)23(21)29/h5-7,9-10,12-13,29H,4,8,11H2,1-3H3. The van der Waals surface area contributed by atoms with Crippen LogP contribution in [0.15, 0.2) is 42.5 Å². The van der Waals surface area contributed by atoms with E-state index in [2.05, 4.69) is 0 Å². The second-order valence-corrected chi connectivity index (χ2v) is 7.11. The van der Waals surface area contributed by atoms with Crippen molar-refractivity contribution < 1.29 is 33.8 Å². The van der Waals surface area contributed by atoms with Gasteiger partial charge >= 0.3 is 11.9 Å². The van der Waals surface area contributed by atoms with Crippen LogP contribution in [0.1, 0.15) is 56.9 Å². The van der Waals surface area contributed by atoms with Crippen LogP contribution in [0.25, 0.3) is 10.9 Å². The number of aromatic nitrogens is 1. The van der Waals surface area contributed by atoms with E-state index in [1.165, 1.54) is 32.2 Å². The van der Waals surface area contributed by atoms with Crippen LogP contribution in [0.2, 0.25) is 0 Å². The van der Waals surface area contributed by atoms with E-state index < -0.39 is 23.5 Å². The Balaban J connectivity index is 2.04. The lowest BCUT2D eigenvalue weighted by atomic mass is 9.98. The molecule has 1 aromatic heterocycles. The lowest BCUT2D eigenvalue weighted by molar-refractivity contribution is -0.143. The van der Waals surface area contributed by atoms with Crippen LogP contribution in [-0.4, -0.2) is 47.0 Å². The molecule has 3 rings (SSSR count). The number of ether oxygens (including phenoxy) is 2. The third-order valence-corrected chi connectivity index (χ3v) is 5.02. The number of carbonyl (C=O) groups is 4. The van der Waals surface area contributed by atoms with Crippen molar-refractivity contribution in [3.8, 4) is 5.88 Å². The summed E-state index contributed by atoms with van der Waals surface area (Å²) in [5.41, 5.74) is 1.40. The molecule has 2 aromatic carbocycles. The summed E-state index contributed by atoms with van der Waals surface area (Å²) in [5.74, 6) is -2.44. The summed E-state index contributed by atoms with van der Waals surface area (Å²) >= 11 is 0. The second kappa shape index (κ2) is 9.47. The van der Waals surface area contributed by atoms with Crippen molar-refractivity contribution in [1.82, 2.24) is 4.57 Å². The van der Waals surface area contributed by atoms with Gasteiger partial charge in [0.1, 0.15) is 0 Å². The van der Waals surface area contributed by atoms with Gasteiger partial charge in [-0.15, -0.1) is 0 Å². The van der Waals surface area contributed by atoms with Gasteiger partial charge in [0.05, 0.1) is 30.4 Å². The van der Waals surface area contributed by atoms with Crippen LogP contribution in [0, 0.1) is 0 Å². The van der Waals surface area contributed by atoms with Crippen LogP contribution in [0.3, 0.4) is 0 Å². The Morgan fingerprint density at radius 1 is 1.03 bits per heavy atom. The van der Waals surface area contributed by atoms with Crippen LogP contribution < -0.4 is 0 Å². The Bertz CT molecular complexity index is 1220. The molecular formula is C24H23NO7. The van der Waals surface area contributed by atoms with Crippen molar-refractivity contribution >= 4 is 34.5 Å². The zero-order chi connectivity index (χ0) is 23.4. The van der Waals surface area contributed by atoms with Gasteiger partial charge in [0.15, 0.2) is 5.78 Å². The fraction of sp³-hybridized carbons (Fsp3) is 0.250. The zero-order valence-electron chi connectivity index (χ0n) is 18.0. The number of carbonyl (C=O) groups excluding carboxylic acids is 4. The fourth-order valence-corrected chi connectivity index (χ4v) is 3.55. The summed E-state index contributed by atoms with van der Waals surface area (Å²) in [7, 11) is 1.23. The molecule has 0 bridgehead atoms. The first-order valence-electron chi connectivity index (χ1n) is 10.0. The topological polar surface area (TPSA) is 112 Å². The van der Waals surface area contributed by atoms with E-state index in [1.54, 1.807) is 31.2 Å². The highest BCUT2D eigenvalue weighted by molar-refractivity contribution is 6.20. The van der Waals surface area contributed by atoms with E-state index in [1.807, 2.05) is 0 Å². The Morgan fingerprint density at radius 2 is 1.78 bits per heavy atom. The van der Waals surface area contributed by atoms with Crippen LogP contribution in [0.5, 0.6) is 5.88 Å². The highest BCUT2D eigenvalue weighted by Gasteiger charge is 2.26. The minimum Gasteiger partial charge on any atom is -0.494 e. The molecule has 166 valence electrons. The number of benzene rings is 2. The average Bonchev–Trinajstić information content (AvgIpc) is 3.08. The smallest absolute Gasteiger partial charge is 0.337 e. The molecule has 0 atom stereocenters. The molecule has 0 spiro atoms. The number of rotatable bonds is 7. The third-order valence-electron chi connectivity index (χ3n) is 5.02. The molecule has 8 nitrogen and oxygen atoms in total. The fourth-order valence-electron chi connectivity index (χ4n) is 3.55. The van der Waals surface area contributed by atoms with Crippen molar-refractivity contribution in [2.45, 2.75) is 26.7 Å². The van der Waals surface area contributed by atoms with Crippen molar-refractivity contribution in [3.63, 3.8) is 0 Å². The average molecular weight is 437 g/mol. The highest BCUT2D eigenvalue weighted by atomic mass is 16.5. The molecule has 1 N–H and O–H groups in total. The maximum atomic E-state index is 13.3. The van der Waals surface area contributed by atoms with Crippen molar-refractivity contribution in [3.05, 3.63) is 64.7 Å². The summed E-state index contributed by atoms with van der Waals surface area (Å²) in [6, 6.07) is 11.1. The number of esters is 2. The number of hydrogen-bond acceptors (Lipinski definition) is 7. The van der Waals surface area contributed by atoms with Gasteiger partial charge < -0.3 is 14.6 Å². The van der Waals surface area contributed by atoms with E-state index in [0.29, 0.717) is 24.0 Å². The van der Waals surface area contributed by atoms with Crippen LogP contribution in [-0.2, 0) is 20.7 Å². The molecule has 8 heteroatoms. The molecule has 0 aliphatic heterocycles. The SMILES string of the molecule is CCOC(=O)CCc1cccc(C(=O)c2c(O)n(C(C)=O)c3cc(C(=O)OC)ccc23)c1. The largest absolute Gasteiger partial charge is 0.494 e. The summed E-state index contributed by atoms with van der Waals surface area (Å²) in [6.45, 7) is 3.28. The van der Waals surface area contributed by atoms with Gasteiger partial charge in [-0.25, -0.2) is 4.79 Å². The molecule has 32 heavy (non-hydrogen) atoms. The molecule has 0 aliphatic rings. The van der Waals surface area contributed by atoms with Crippen LogP contribution >= 0.6 is 0 Å². The quantitative estimate of drug-likeness (QED) is 0.445. The summed E-state index contributed by atoms with van der Waals surface area (Å²) in [4.78, 5) is 49.0. The Kier molecular flexibility index (Phi) is 6.73. The normalized spacial score (nSPS) is 10.7. The Hall–Kier alpha value is -3.94. The molecule has 0 saturated carbocycles. The first-order chi connectivity index (χ1) is 15.3. The molecule has 1 heterocycles. The predicted molar refractivity (Wildman–Crippen MR) is 116 cm³/mol. The predicted octanol–water partition coefficient (Wildman–Crippen LogP) is 3.52. The lowest BCUT2D eigenvalue weighted by Gasteiger charge is -2.06. The molecular weight excluding hydrogens is 414 g/mol. The molecule has 0 unspecified atom stereocenters. The summed E-state index contributed by atoms with van der Waals surface area (Å²) < 4.78 is 10.6. The van der Waals surface area contributed by atoms with Gasteiger partial charge in [-0.3, -0.25) is 19.0 Å². The number of methoxy groups -OCH3 is 1. The van der Waals surface area contributed by atoms with Gasteiger partial charge in [-0.05, 0) is 37.1 Å².